The largest absolute Gasteiger partial charge is 0.462 e. The number of hydrogen-bond donors (Lipinski definition) is 2. The molecule has 148 valence electrons. The summed E-state index contributed by atoms with van der Waals surface area (Å²) in [6.45, 7) is 2.14. The van der Waals surface area contributed by atoms with E-state index >= 15 is 0 Å². The number of carbonyl (C=O) groups excluding carboxylic acids is 2. The van der Waals surface area contributed by atoms with Crippen molar-refractivity contribution in [3.8, 4) is 0 Å². The molecular formula is C21H19FN4O3. The van der Waals surface area contributed by atoms with Gasteiger partial charge in [-0.1, -0.05) is 30.3 Å². The molecule has 3 rings (SSSR count). The Balaban J connectivity index is 1.72. The smallest absolute Gasteiger partial charge is 0.340 e. The van der Waals surface area contributed by atoms with Gasteiger partial charge in [-0.15, -0.1) is 0 Å². The van der Waals surface area contributed by atoms with Crippen LogP contribution in [0.25, 0.3) is 0 Å². The predicted molar refractivity (Wildman–Crippen MR) is 106 cm³/mol. The molecule has 0 unspecified atom stereocenters. The highest BCUT2D eigenvalue weighted by Gasteiger charge is 2.16. The monoisotopic (exact) mass is 394 g/mol. The summed E-state index contributed by atoms with van der Waals surface area (Å²) in [5, 5.41) is 5.62. The normalized spacial score (nSPS) is 10.3. The van der Waals surface area contributed by atoms with Crippen molar-refractivity contribution in [3.63, 3.8) is 0 Å². The zero-order chi connectivity index (χ0) is 20.6. The van der Waals surface area contributed by atoms with E-state index in [9.17, 15) is 14.0 Å². The van der Waals surface area contributed by atoms with E-state index in [1.54, 1.807) is 49.4 Å². The van der Waals surface area contributed by atoms with Gasteiger partial charge in [-0.3, -0.25) is 4.79 Å². The highest BCUT2D eigenvalue weighted by atomic mass is 19.1. The number of para-hydroxylation sites is 1. The summed E-state index contributed by atoms with van der Waals surface area (Å²) in [6, 6.07) is 14.4. The Morgan fingerprint density at radius 3 is 2.62 bits per heavy atom. The number of aromatic nitrogens is 2. The molecule has 0 aliphatic carbocycles. The molecule has 0 radical (unpaired) electrons. The third-order valence-electron chi connectivity index (χ3n) is 3.99. The summed E-state index contributed by atoms with van der Waals surface area (Å²) in [7, 11) is 0. The Labute approximate surface area is 167 Å². The molecule has 1 aromatic heterocycles. The molecule has 2 aromatic carbocycles. The fourth-order valence-electron chi connectivity index (χ4n) is 2.57. The number of halogens is 1. The number of rotatable bonds is 7. The van der Waals surface area contributed by atoms with Crippen LogP contribution in [0.15, 0.2) is 60.9 Å². The molecule has 0 fully saturated rings. The van der Waals surface area contributed by atoms with Crippen molar-refractivity contribution in [2.45, 2.75) is 13.5 Å². The first kappa shape index (κ1) is 19.9. The van der Waals surface area contributed by atoms with Crippen LogP contribution < -0.4 is 10.6 Å². The summed E-state index contributed by atoms with van der Waals surface area (Å²) >= 11 is 0. The van der Waals surface area contributed by atoms with Crippen LogP contribution in [0.5, 0.6) is 0 Å². The Morgan fingerprint density at radius 1 is 1.07 bits per heavy atom. The van der Waals surface area contributed by atoms with Gasteiger partial charge in [0.25, 0.3) is 5.91 Å². The number of benzene rings is 2. The topological polar surface area (TPSA) is 93.2 Å². The summed E-state index contributed by atoms with van der Waals surface area (Å²) in [4.78, 5) is 32.6. The maximum absolute atomic E-state index is 13.7. The first-order valence-electron chi connectivity index (χ1n) is 8.95. The quantitative estimate of drug-likeness (QED) is 0.594. The Kier molecular flexibility index (Phi) is 6.47. The predicted octanol–water partition coefficient (Wildman–Crippen LogP) is 3.66. The van der Waals surface area contributed by atoms with Crippen molar-refractivity contribution in [2.24, 2.45) is 0 Å². The fourth-order valence-corrected chi connectivity index (χ4v) is 2.57. The molecule has 0 atom stereocenters. The van der Waals surface area contributed by atoms with E-state index < -0.39 is 11.9 Å². The van der Waals surface area contributed by atoms with Gasteiger partial charge >= 0.3 is 5.97 Å². The lowest BCUT2D eigenvalue weighted by Gasteiger charge is -2.11. The van der Waals surface area contributed by atoms with Crippen molar-refractivity contribution in [2.75, 3.05) is 17.2 Å². The van der Waals surface area contributed by atoms with Crippen LogP contribution in [-0.4, -0.2) is 28.5 Å². The minimum atomic E-state index is -0.529. The van der Waals surface area contributed by atoms with E-state index in [-0.39, 0.29) is 30.2 Å². The van der Waals surface area contributed by atoms with Crippen LogP contribution in [0.3, 0.4) is 0 Å². The summed E-state index contributed by atoms with van der Waals surface area (Å²) in [5.74, 6) is -1.01. The number of amides is 1. The molecule has 8 heteroatoms. The second-order valence-corrected chi connectivity index (χ2v) is 5.95. The molecule has 1 amide bonds. The number of nitrogens with zero attached hydrogens (tertiary/aromatic N) is 2. The van der Waals surface area contributed by atoms with E-state index in [4.69, 9.17) is 4.74 Å². The Hall–Kier alpha value is -3.81. The molecule has 0 aliphatic rings. The van der Waals surface area contributed by atoms with Crippen LogP contribution in [0.2, 0.25) is 0 Å². The van der Waals surface area contributed by atoms with E-state index in [2.05, 4.69) is 20.6 Å². The van der Waals surface area contributed by atoms with E-state index in [0.717, 1.165) is 0 Å². The lowest BCUT2D eigenvalue weighted by atomic mass is 10.1. The van der Waals surface area contributed by atoms with Crippen molar-refractivity contribution in [1.29, 1.82) is 0 Å². The molecule has 7 nitrogen and oxygen atoms in total. The number of nitrogens with one attached hydrogen (secondary N) is 2. The third kappa shape index (κ3) is 5.13. The average Bonchev–Trinajstić information content (AvgIpc) is 2.74. The van der Waals surface area contributed by atoms with E-state index in [1.807, 2.05) is 0 Å². The average molecular weight is 394 g/mol. The fraction of sp³-hybridized carbons (Fsp3) is 0.143. The van der Waals surface area contributed by atoms with Crippen LogP contribution in [0.1, 0.15) is 33.3 Å². The number of anilines is 2. The van der Waals surface area contributed by atoms with Crippen LogP contribution in [0, 0.1) is 5.82 Å². The Morgan fingerprint density at radius 2 is 1.83 bits per heavy atom. The van der Waals surface area contributed by atoms with Gasteiger partial charge in [0.05, 0.1) is 17.9 Å². The Bertz CT molecular complexity index is 1030. The van der Waals surface area contributed by atoms with E-state index in [1.165, 1.54) is 18.5 Å². The molecule has 0 saturated carbocycles. The van der Waals surface area contributed by atoms with Gasteiger partial charge < -0.3 is 15.4 Å². The molecule has 3 aromatic rings. The summed E-state index contributed by atoms with van der Waals surface area (Å²) in [6.07, 6.45) is 1.23. The lowest BCUT2D eigenvalue weighted by molar-refractivity contribution is 0.0527. The zero-order valence-corrected chi connectivity index (χ0v) is 15.7. The van der Waals surface area contributed by atoms with E-state index in [0.29, 0.717) is 17.1 Å². The molecular weight excluding hydrogens is 375 g/mol. The lowest BCUT2D eigenvalue weighted by Crippen LogP contribution is -2.17. The van der Waals surface area contributed by atoms with Gasteiger partial charge in [0, 0.05) is 18.2 Å². The van der Waals surface area contributed by atoms with Crippen molar-refractivity contribution >= 4 is 23.4 Å². The standard InChI is InChI=1S/C21H19FN4O3/c1-2-29-21(28)15-8-4-6-10-17(15)26-20(27)18-11-19(25-13-24-18)23-12-14-7-3-5-9-16(14)22/h3-11,13H,2,12H2,1H3,(H,26,27)(H,23,24,25). The van der Waals surface area contributed by atoms with Gasteiger partial charge in [0.15, 0.2) is 0 Å². The van der Waals surface area contributed by atoms with Crippen LogP contribution in [-0.2, 0) is 11.3 Å². The van der Waals surface area contributed by atoms with Gasteiger partial charge in [-0.2, -0.15) is 0 Å². The molecule has 29 heavy (non-hydrogen) atoms. The zero-order valence-electron chi connectivity index (χ0n) is 15.7. The second kappa shape index (κ2) is 9.41. The molecule has 2 N–H and O–H groups in total. The highest BCUT2D eigenvalue weighted by molar-refractivity contribution is 6.07. The molecule has 0 bridgehead atoms. The minimum Gasteiger partial charge on any atom is -0.462 e. The molecule has 0 aliphatic heterocycles. The molecule has 1 heterocycles. The second-order valence-electron chi connectivity index (χ2n) is 5.95. The molecule has 0 spiro atoms. The number of ether oxygens (including phenoxy) is 1. The number of esters is 1. The highest BCUT2D eigenvalue weighted by Crippen LogP contribution is 2.18. The van der Waals surface area contributed by atoms with Crippen molar-refractivity contribution < 1.29 is 18.7 Å². The first-order valence-corrected chi connectivity index (χ1v) is 8.95. The van der Waals surface area contributed by atoms with Gasteiger partial charge in [0.2, 0.25) is 0 Å². The van der Waals surface area contributed by atoms with Gasteiger partial charge in [0.1, 0.15) is 23.7 Å². The first-order chi connectivity index (χ1) is 14.1. The van der Waals surface area contributed by atoms with Gasteiger partial charge in [-0.05, 0) is 25.1 Å². The SMILES string of the molecule is CCOC(=O)c1ccccc1NC(=O)c1cc(NCc2ccccc2F)ncn1. The number of hydrogen-bond acceptors (Lipinski definition) is 6. The van der Waals surface area contributed by atoms with Gasteiger partial charge in [-0.25, -0.2) is 19.2 Å². The summed E-state index contributed by atoms with van der Waals surface area (Å²) < 4.78 is 18.7. The van der Waals surface area contributed by atoms with Crippen molar-refractivity contribution in [1.82, 2.24) is 9.97 Å². The third-order valence-corrected chi connectivity index (χ3v) is 3.99. The molecule has 0 saturated heterocycles. The van der Waals surface area contributed by atoms with Crippen LogP contribution in [0.4, 0.5) is 15.9 Å². The maximum Gasteiger partial charge on any atom is 0.340 e. The maximum atomic E-state index is 13.7. The number of carbonyl (C=O) groups is 2. The summed E-state index contributed by atoms with van der Waals surface area (Å²) in [5.41, 5.74) is 1.13. The minimum absolute atomic E-state index is 0.0923. The van der Waals surface area contributed by atoms with Crippen LogP contribution >= 0.6 is 0 Å². The van der Waals surface area contributed by atoms with Crippen molar-refractivity contribution in [3.05, 3.63) is 83.6 Å².